The van der Waals surface area contributed by atoms with E-state index >= 15 is 0 Å². The van der Waals surface area contributed by atoms with E-state index in [9.17, 15) is 24.0 Å². The van der Waals surface area contributed by atoms with Crippen molar-refractivity contribution in [3.63, 3.8) is 0 Å². The minimum atomic E-state index is -1.13. The Hall–Kier alpha value is -3.75. The van der Waals surface area contributed by atoms with E-state index in [-0.39, 0.29) is 29.7 Å². The number of ketones is 1. The van der Waals surface area contributed by atoms with Crippen LogP contribution in [0, 0.1) is 11.3 Å². The molecule has 0 aromatic heterocycles. The number of benzene rings is 2. The van der Waals surface area contributed by atoms with Crippen LogP contribution in [0.3, 0.4) is 0 Å². The third kappa shape index (κ3) is 5.40. The molecule has 39 heavy (non-hydrogen) atoms. The average molecular weight is 531 g/mol. The molecule has 2 saturated heterocycles. The number of carbonyl (C=O) groups is 5. The summed E-state index contributed by atoms with van der Waals surface area (Å²) in [5.41, 5.74) is 0.563. The molecule has 9 heteroatoms. The number of nitrogens with one attached hydrogen (secondary N) is 3. The van der Waals surface area contributed by atoms with E-state index in [2.05, 4.69) is 16.0 Å². The fourth-order valence-corrected chi connectivity index (χ4v) is 6.03. The number of likely N-dealkylation sites (tertiary alicyclic amines) is 1. The summed E-state index contributed by atoms with van der Waals surface area (Å²) in [5.74, 6) is -2.75. The van der Waals surface area contributed by atoms with E-state index < -0.39 is 35.6 Å². The zero-order chi connectivity index (χ0) is 27.1. The molecule has 9 nitrogen and oxygen atoms in total. The van der Waals surface area contributed by atoms with Crippen molar-refractivity contribution in [2.45, 2.75) is 69.5 Å². The van der Waals surface area contributed by atoms with Crippen molar-refractivity contribution in [2.75, 3.05) is 13.1 Å². The second-order valence-corrected chi connectivity index (χ2v) is 11.7. The Bertz CT molecular complexity index is 1350. The highest BCUT2D eigenvalue weighted by Crippen LogP contribution is 2.55. The predicted molar refractivity (Wildman–Crippen MR) is 144 cm³/mol. The van der Waals surface area contributed by atoms with Gasteiger partial charge in [-0.15, -0.1) is 0 Å². The predicted octanol–water partition coefficient (Wildman–Crippen LogP) is 2.08. The highest BCUT2D eigenvalue weighted by Gasteiger charge is 2.51. The molecule has 6 rings (SSSR count). The molecule has 4 aliphatic rings. The second kappa shape index (κ2) is 10.1. The molecule has 2 aliphatic carbocycles. The number of piperidine rings is 1. The molecule has 2 aromatic carbocycles. The molecule has 1 spiro atoms. The molecule has 1 unspecified atom stereocenters. The molecular weight excluding hydrogens is 496 g/mol. The maximum Gasteiger partial charge on any atom is 0.289 e. The fourth-order valence-electron chi connectivity index (χ4n) is 6.03. The Morgan fingerprint density at radius 3 is 2.46 bits per heavy atom. The summed E-state index contributed by atoms with van der Waals surface area (Å²) in [6.45, 7) is 0.960. The van der Waals surface area contributed by atoms with Gasteiger partial charge in [0.1, 0.15) is 6.04 Å². The van der Waals surface area contributed by atoms with Gasteiger partial charge in [0.25, 0.3) is 11.8 Å². The molecule has 4 fully saturated rings. The maximum atomic E-state index is 13.8. The minimum absolute atomic E-state index is 0.00397. The van der Waals surface area contributed by atoms with Crippen molar-refractivity contribution in [3.05, 3.63) is 48.0 Å². The molecule has 2 aromatic rings. The number of Topliss-reactive ketones (excluding diaryl/α,β-unsaturated/α-hetero) is 1. The third-order valence-electron chi connectivity index (χ3n) is 8.86. The molecule has 4 amide bonds. The SMILES string of the molecule is O=C(NC1CC1)C(=O)C(C[C@@H]1CCNC1=O)NC(=O)[C@@H]1CC2(CCN1C(=O)c1ccc3ccccc3c1)CC2. The summed E-state index contributed by atoms with van der Waals surface area (Å²) in [5, 5.41) is 10.3. The highest BCUT2D eigenvalue weighted by molar-refractivity contribution is 6.38. The average Bonchev–Trinajstić information content (AvgIpc) is 3.88. The summed E-state index contributed by atoms with van der Waals surface area (Å²) in [6.07, 6.45) is 5.66. The lowest BCUT2D eigenvalue weighted by Gasteiger charge is -2.39. The minimum Gasteiger partial charge on any atom is -0.356 e. The quantitative estimate of drug-likeness (QED) is 0.451. The van der Waals surface area contributed by atoms with Crippen LogP contribution in [-0.4, -0.2) is 65.5 Å². The van der Waals surface area contributed by atoms with Gasteiger partial charge in [-0.25, -0.2) is 0 Å². The monoisotopic (exact) mass is 530 g/mol. The Labute approximate surface area is 227 Å². The zero-order valence-electron chi connectivity index (χ0n) is 21.9. The maximum absolute atomic E-state index is 13.8. The van der Waals surface area contributed by atoms with Gasteiger partial charge in [0.2, 0.25) is 17.6 Å². The first kappa shape index (κ1) is 25.5. The molecule has 3 N–H and O–H groups in total. The summed E-state index contributed by atoms with van der Waals surface area (Å²) in [4.78, 5) is 67.3. The van der Waals surface area contributed by atoms with E-state index in [1.165, 1.54) is 0 Å². The van der Waals surface area contributed by atoms with Crippen LogP contribution in [-0.2, 0) is 19.2 Å². The van der Waals surface area contributed by atoms with E-state index in [1.54, 1.807) is 11.0 Å². The van der Waals surface area contributed by atoms with Gasteiger partial charge in [0, 0.05) is 30.6 Å². The van der Waals surface area contributed by atoms with Crippen LogP contribution in [0.1, 0.15) is 61.7 Å². The van der Waals surface area contributed by atoms with Crippen LogP contribution in [0.4, 0.5) is 0 Å². The lowest BCUT2D eigenvalue weighted by atomic mass is 9.86. The van der Waals surface area contributed by atoms with Crippen molar-refractivity contribution < 1.29 is 24.0 Å². The van der Waals surface area contributed by atoms with Gasteiger partial charge in [0.05, 0.1) is 6.04 Å². The molecule has 2 saturated carbocycles. The van der Waals surface area contributed by atoms with Gasteiger partial charge in [-0.3, -0.25) is 24.0 Å². The number of rotatable bonds is 8. The van der Waals surface area contributed by atoms with Gasteiger partial charge in [0.15, 0.2) is 0 Å². The Balaban J connectivity index is 1.23. The number of nitrogens with zero attached hydrogens (tertiary/aromatic N) is 1. The van der Waals surface area contributed by atoms with E-state index in [0.717, 1.165) is 42.9 Å². The molecule has 0 bridgehead atoms. The Kier molecular flexibility index (Phi) is 6.61. The summed E-state index contributed by atoms with van der Waals surface area (Å²) >= 11 is 0. The van der Waals surface area contributed by atoms with E-state index in [1.807, 2.05) is 36.4 Å². The van der Waals surface area contributed by atoms with Crippen LogP contribution in [0.5, 0.6) is 0 Å². The fraction of sp³-hybridized carbons (Fsp3) is 0.500. The largest absolute Gasteiger partial charge is 0.356 e. The standard InChI is InChI=1S/C30H34N4O5/c35-25(28(38)32-22-7-8-22)23(16-20-9-13-31-26(20)36)33-27(37)24-17-30(10-11-30)12-14-34(24)29(39)21-6-5-18-3-1-2-4-19(18)15-21/h1-6,15,20,22-24H,7-14,16-17H2,(H,31,36)(H,32,38)(H,33,37)/t20-,23?,24-/m0/s1. The van der Waals surface area contributed by atoms with Crippen molar-refractivity contribution in [1.82, 2.24) is 20.9 Å². The highest BCUT2D eigenvalue weighted by atomic mass is 16.2. The number of carbonyl (C=O) groups excluding carboxylic acids is 5. The van der Waals surface area contributed by atoms with E-state index in [4.69, 9.17) is 0 Å². The molecule has 3 atom stereocenters. The van der Waals surface area contributed by atoms with Crippen LogP contribution >= 0.6 is 0 Å². The van der Waals surface area contributed by atoms with Gasteiger partial charge in [-0.05, 0) is 79.7 Å². The van der Waals surface area contributed by atoms with Crippen LogP contribution in [0.15, 0.2) is 42.5 Å². The summed E-state index contributed by atoms with van der Waals surface area (Å²) in [7, 11) is 0. The molecule has 204 valence electrons. The van der Waals surface area contributed by atoms with Gasteiger partial charge < -0.3 is 20.9 Å². The first-order chi connectivity index (χ1) is 18.8. The number of hydrogen-bond acceptors (Lipinski definition) is 5. The van der Waals surface area contributed by atoms with Crippen LogP contribution < -0.4 is 16.0 Å². The van der Waals surface area contributed by atoms with Gasteiger partial charge in [-0.2, -0.15) is 0 Å². The van der Waals surface area contributed by atoms with Crippen LogP contribution in [0.2, 0.25) is 0 Å². The molecule has 2 heterocycles. The number of fused-ring (bicyclic) bond motifs is 1. The smallest absolute Gasteiger partial charge is 0.289 e. The Morgan fingerprint density at radius 2 is 1.77 bits per heavy atom. The Morgan fingerprint density at radius 1 is 1.00 bits per heavy atom. The van der Waals surface area contributed by atoms with Crippen LogP contribution in [0.25, 0.3) is 10.8 Å². The van der Waals surface area contributed by atoms with Crippen molar-refractivity contribution >= 4 is 40.2 Å². The summed E-state index contributed by atoms with van der Waals surface area (Å²) < 4.78 is 0. The first-order valence-corrected chi connectivity index (χ1v) is 14.0. The second-order valence-electron chi connectivity index (χ2n) is 11.7. The third-order valence-corrected chi connectivity index (χ3v) is 8.86. The molecule has 0 radical (unpaired) electrons. The number of hydrogen-bond donors (Lipinski definition) is 3. The molecular formula is C30H34N4O5. The van der Waals surface area contributed by atoms with Gasteiger partial charge in [-0.1, -0.05) is 30.3 Å². The van der Waals surface area contributed by atoms with Crippen molar-refractivity contribution in [2.24, 2.45) is 11.3 Å². The summed E-state index contributed by atoms with van der Waals surface area (Å²) in [6, 6.07) is 11.5. The molecule has 2 aliphatic heterocycles. The van der Waals surface area contributed by atoms with Gasteiger partial charge >= 0.3 is 0 Å². The first-order valence-electron chi connectivity index (χ1n) is 14.0. The zero-order valence-corrected chi connectivity index (χ0v) is 21.9. The normalized spacial score (nSPS) is 24.2. The van der Waals surface area contributed by atoms with E-state index in [0.29, 0.717) is 31.5 Å². The van der Waals surface area contributed by atoms with Crippen molar-refractivity contribution in [3.8, 4) is 0 Å². The number of amides is 4. The van der Waals surface area contributed by atoms with Crippen molar-refractivity contribution in [1.29, 1.82) is 0 Å². The topological polar surface area (TPSA) is 125 Å². The lowest BCUT2D eigenvalue weighted by Crippen LogP contribution is -2.58. The lowest BCUT2D eigenvalue weighted by molar-refractivity contribution is -0.141.